The fourth-order valence-electron chi connectivity index (χ4n) is 3.11. The van der Waals surface area contributed by atoms with Gasteiger partial charge in [0.2, 0.25) is 11.8 Å². The minimum atomic E-state index is -0.608. The number of carbonyl (C=O) groups excluding carboxylic acids is 3. The maximum atomic E-state index is 13.0. The average Bonchev–Trinajstić information content (AvgIpc) is 2.70. The fourth-order valence-corrected chi connectivity index (χ4v) is 3.80. The lowest BCUT2D eigenvalue weighted by molar-refractivity contribution is -0.142. The van der Waals surface area contributed by atoms with E-state index >= 15 is 0 Å². The topological polar surface area (TPSA) is 69.7 Å². The first-order valence-electron chi connectivity index (χ1n) is 9.47. The molecule has 8 heteroatoms. The van der Waals surface area contributed by atoms with E-state index in [1.807, 2.05) is 20.1 Å². The molecule has 3 amide bonds. The zero-order valence-corrected chi connectivity index (χ0v) is 18.2. The molecule has 1 heterocycles. The number of rotatable bonds is 7. The van der Waals surface area contributed by atoms with Gasteiger partial charge in [0.05, 0.1) is 10.6 Å². The van der Waals surface area contributed by atoms with Gasteiger partial charge >= 0.3 is 0 Å². The summed E-state index contributed by atoms with van der Waals surface area (Å²) in [5, 5.41) is 3.21. The van der Waals surface area contributed by atoms with E-state index in [1.54, 1.807) is 45.8 Å². The van der Waals surface area contributed by atoms with Crippen molar-refractivity contribution in [2.24, 2.45) is 5.92 Å². The summed E-state index contributed by atoms with van der Waals surface area (Å²) in [4.78, 5) is 41.3. The van der Waals surface area contributed by atoms with Gasteiger partial charge in [0.25, 0.3) is 5.91 Å². The second-order valence-corrected chi connectivity index (χ2v) is 8.49. The van der Waals surface area contributed by atoms with Gasteiger partial charge in [-0.05, 0) is 30.6 Å². The maximum absolute atomic E-state index is 13.0. The predicted molar refractivity (Wildman–Crippen MR) is 114 cm³/mol. The van der Waals surface area contributed by atoms with Gasteiger partial charge in [-0.1, -0.05) is 37.6 Å². The molecular weight excluding hydrogens is 398 g/mol. The highest BCUT2D eigenvalue weighted by Crippen LogP contribution is 2.16. The van der Waals surface area contributed by atoms with Gasteiger partial charge in [-0.15, -0.1) is 0 Å². The van der Waals surface area contributed by atoms with Crippen molar-refractivity contribution in [1.29, 1.82) is 0 Å². The molecule has 1 unspecified atom stereocenters. The first-order valence-corrected chi connectivity index (χ1v) is 11.2. The molecule has 1 aliphatic rings. The van der Waals surface area contributed by atoms with Crippen molar-refractivity contribution in [2.45, 2.75) is 26.3 Å². The minimum absolute atomic E-state index is 0.0495. The number of benzene rings is 1. The van der Waals surface area contributed by atoms with Crippen molar-refractivity contribution in [3.63, 3.8) is 0 Å². The number of nitrogens with one attached hydrogen (secondary N) is 1. The summed E-state index contributed by atoms with van der Waals surface area (Å²) < 4.78 is 0. The molecule has 0 spiro atoms. The Morgan fingerprint density at radius 3 is 2.18 bits per heavy atom. The van der Waals surface area contributed by atoms with Gasteiger partial charge in [-0.2, -0.15) is 11.8 Å². The summed E-state index contributed by atoms with van der Waals surface area (Å²) in [6, 6.07) is 6.19. The molecule has 0 radical (unpaired) electrons. The fraction of sp³-hybridized carbons (Fsp3) is 0.550. The van der Waals surface area contributed by atoms with E-state index in [9.17, 15) is 14.4 Å². The molecule has 1 aromatic rings. The monoisotopic (exact) mass is 425 g/mol. The number of nitrogens with zero attached hydrogens (tertiary/aromatic N) is 2. The van der Waals surface area contributed by atoms with E-state index < -0.39 is 6.04 Å². The summed E-state index contributed by atoms with van der Waals surface area (Å²) in [5.41, 5.74) is 0.360. The third kappa shape index (κ3) is 5.88. The van der Waals surface area contributed by atoms with Crippen LogP contribution in [-0.2, 0) is 9.59 Å². The number of piperazine rings is 1. The summed E-state index contributed by atoms with van der Waals surface area (Å²) in [6.45, 7) is 5.77. The molecule has 0 aliphatic carbocycles. The van der Waals surface area contributed by atoms with Crippen LogP contribution in [0.5, 0.6) is 0 Å². The SMILES string of the molecule is CSCCC(NC(=O)c1ccccc1Cl)C(=O)N1CCN(C(=O)C(C)C)CC1. The number of thioether (sulfide) groups is 1. The molecule has 0 aromatic heterocycles. The summed E-state index contributed by atoms with van der Waals surface area (Å²) in [5.74, 6) is 0.361. The lowest BCUT2D eigenvalue weighted by atomic mass is 10.1. The molecule has 0 saturated carbocycles. The highest BCUT2D eigenvalue weighted by atomic mass is 35.5. The van der Waals surface area contributed by atoms with Crippen molar-refractivity contribution in [1.82, 2.24) is 15.1 Å². The summed E-state index contributed by atoms with van der Waals surface area (Å²) in [7, 11) is 0. The Morgan fingerprint density at radius 2 is 1.64 bits per heavy atom. The summed E-state index contributed by atoms with van der Waals surface area (Å²) >= 11 is 7.74. The van der Waals surface area contributed by atoms with Gasteiger partial charge in [0, 0.05) is 32.1 Å². The van der Waals surface area contributed by atoms with Gasteiger partial charge in [-0.25, -0.2) is 0 Å². The highest BCUT2D eigenvalue weighted by molar-refractivity contribution is 7.98. The highest BCUT2D eigenvalue weighted by Gasteiger charge is 2.30. The van der Waals surface area contributed by atoms with Crippen molar-refractivity contribution >= 4 is 41.1 Å². The van der Waals surface area contributed by atoms with Gasteiger partial charge in [-0.3, -0.25) is 14.4 Å². The Labute approximate surface area is 176 Å². The van der Waals surface area contributed by atoms with Crippen LogP contribution >= 0.6 is 23.4 Å². The normalized spacial score (nSPS) is 15.5. The Kier molecular flexibility index (Phi) is 8.63. The van der Waals surface area contributed by atoms with Crippen molar-refractivity contribution in [3.8, 4) is 0 Å². The van der Waals surface area contributed by atoms with E-state index in [-0.39, 0.29) is 23.6 Å². The molecule has 154 valence electrons. The Balaban J connectivity index is 2.02. The predicted octanol–water partition coefficient (Wildman–Crippen LogP) is 2.52. The first-order chi connectivity index (χ1) is 13.3. The maximum Gasteiger partial charge on any atom is 0.253 e. The molecule has 1 aromatic carbocycles. The van der Waals surface area contributed by atoms with Crippen LogP contribution in [-0.4, -0.2) is 71.8 Å². The van der Waals surface area contributed by atoms with Gasteiger partial charge in [0.1, 0.15) is 6.04 Å². The third-order valence-electron chi connectivity index (χ3n) is 4.73. The van der Waals surface area contributed by atoms with Gasteiger partial charge in [0.15, 0.2) is 0 Å². The molecule has 1 saturated heterocycles. The van der Waals surface area contributed by atoms with Crippen LogP contribution in [0.3, 0.4) is 0 Å². The van der Waals surface area contributed by atoms with E-state index in [4.69, 9.17) is 11.6 Å². The molecule has 2 rings (SSSR count). The number of hydrogen-bond donors (Lipinski definition) is 1. The molecule has 1 atom stereocenters. The molecule has 1 N–H and O–H groups in total. The summed E-state index contributed by atoms with van der Waals surface area (Å²) in [6.07, 6.45) is 2.51. The second kappa shape index (κ2) is 10.7. The van der Waals surface area contributed by atoms with Crippen molar-refractivity contribution in [3.05, 3.63) is 34.9 Å². The first kappa shape index (κ1) is 22.6. The van der Waals surface area contributed by atoms with E-state index in [1.165, 1.54) is 0 Å². The van der Waals surface area contributed by atoms with Crippen LogP contribution in [0.1, 0.15) is 30.6 Å². The number of hydrogen-bond acceptors (Lipinski definition) is 4. The van der Waals surface area contributed by atoms with Gasteiger partial charge < -0.3 is 15.1 Å². The van der Waals surface area contributed by atoms with Crippen LogP contribution in [0.4, 0.5) is 0 Å². The lowest BCUT2D eigenvalue weighted by Gasteiger charge is -2.37. The van der Waals surface area contributed by atoms with Crippen LogP contribution < -0.4 is 5.32 Å². The van der Waals surface area contributed by atoms with Crippen LogP contribution in [0.25, 0.3) is 0 Å². The van der Waals surface area contributed by atoms with E-state index in [2.05, 4.69) is 5.32 Å². The Morgan fingerprint density at radius 1 is 1.07 bits per heavy atom. The largest absolute Gasteiger partial charge is 0.340 e. The molecule has 1 fully saturated rings. The zero-order valence-electron chi connectivity index (χ0n) is 16.6. The third-order valence-corrected chi connectivity index (χ3v) is 5.70. The zero-order chi connectivity index (χ0) is 20.7. The minimum Gasteiger partial charge on any atom is -0.340 e. The molecule has 0 bridgehead atoms. The lowest BCUT2D eigenvalue weighted by Crippen LogP contribution is -2.56. The van der Waals surface area contributed by atoms with Crippen LogP contribution in [0, 0.1) is 5.92 Å². The Hall–Kier alpha value is -1.73. The van der Waals surface area contributed by atoms with Crippen molar-refractivity contribution < 1.29 is 14.4 Å². The molecule has 1 aliphatic heterocycles. The van der Waals surface area contributed by atoms with E-state index in [0.717, 1.165) is 5.75 Å². The van der Waals surface area contributed by atoms with Crippen LogP contribution in [0.2, 0.25) is 5.02 Å². The van der Waals surface area contributed by atoms with Crippen LogP contribution in [0.15, 0.2) is 24.3 Å². The quantitative estimate of drug-likeness (QED) is 0.728. The standard InChI is InChI=1S/C20H28ClN3O3S/c1-14(2)19(26)23-9-11-24(12-10-23)20(27)17(8-13-28-3)22-18(25)15-6-4-5-7-16(15)21/h4-7,14,17H,8-13H2,1-3H3,(H,22,25). The number of amides is 3. The van der Waals surface area contributed by atoms with Crippen molar-refractivity contribution in [2.75, 3.05) is 38.2 Å². The molecule has 28 heavy (non-hydrogen) atoms. The Bertz CT molecular complexity index is 706. The molecular formula is C20H28ClN3O3S. The molecule has 6 nitrogen and oxygen atoms in total. The number of halogens is 1. The smallest absolute Gasteiger partial charge is 0.253 e. The number of carbonyl (C=O) groups is 3. The average molecular weight is 426 g/mol. The second-order valence-electron chi connectivity index (χ2n) is 7.09. The van der Waals surface area contributed by atoms with E-state index in [0.29, 0.717) is 43.2 Å².